The molecule has 1 atom stereocenters. The Hall–Kier alpha value is -3.41. The van der Waals surface area contributed by atoms with E-state index in [9.17, 15) is 35.9 Å². The van der Waals surface area contributed by atoms with Crippen LogP contribution in [0.5, 0.6) is 0 Å². The Morgan fingerprint density at radius 1 is 1.05 bits per heavy atom. The molecule has 0 saturated carbocycles. The number of aromatic nitrogens is 1. The summed E-state index contributed by atoms with van der Waals surface area (Å²) in [6.45, 7) is 0.245. The summed E-state index contributed by atoms with van der Waals surface area (Å²) in [6.07, 6.45) is -4.77. The maximum absolute atomic E-state index is 13.7. The van der Waals surface area contributed by atoms with Gasteiger partial charge in [-0.05, 0) is 59.7 Å². The summed E-state index contributed by atoms with van der Waals surface area (Å²) in [4.78, 5) is 13.2. The van der Waals surface area contributed by atoms with E-state index in [1.54, 1.807) is 22.8 Å². The number of halogens is 5. The van der Waals surface area contributed by atoms with Crippen LogP contribution in [-0.4, -0.2) is 43.0 Å². The van der Waals surface area contributed by atoms with Gasteiger partial charge in [0.05, 0.1) is 35.4 Å². The van der Waals surface area contributed by atoms with Crippen molar-refractivity contribution in [2.45, 2.75) is 37.0 Å². The number of nitrogens with one attached hydrogen (secondary N) is 1. The monoisotopic (exact) mass is 610 g/mol. The van der Waals surface area contributed by atoms with Gasteiger partial charge in [-0.25, -0.2) is 12.8 Å². The molecule has 6 nitrogen and oxygen atoms in total. The number of fused-ring (bicyclic) bond motifs is 1. The van der Waals surface area contributed by atoms with E-state index in [1.165, 1.54) is 49.4 Å². The molecule has 218 valence electrons. The van der Waals surface area contributed by atoms with Gasteiger partial charge in [-0.1, -0.05) is 36.7 Å². The fourth-order valence-electron chi connectivity index (χ4n) is 4.68. The minimum absolute atomic E-state index is 0.0219. The number of hydrogen-bond acceptors (Lipinski definition) is 4. The van der Waals surface area contributed by atoms with Gasteiger partial charge >= 0.3 is 6.18 Å². The number of amides is 1. The Morgan fingerprint density at radius 2 is 1.76 bits per heavy atom. The summed E-state index contributed by atoms with van der Waals surface area (Å²) in [5.41, 5.74) is 0.787. The zero-order valence-corrected chi connectivity index (χ0v) is 23.5. The molecule has 0 unspecified atom stereocenters. The van der Waals surface area contributed by atoms with Crippen LogP contribution in [-0.2, 0) is 29.0 Å². The van der Waals surface area contributed by atoms with Crippen LogP contribution < -0.4 is 5.32 Å². The Bertz CT molecular complexity index is 1670. The molecule has 0 aliphatic heterocycles. The Balaban J connectivity index is 1.62. The van der Waals surface area contributed by atoms with Crippen LogP contribution in [0.4, 0.5) is 17.6 Å². The number of benzene rings is 3. The summed E-state index contributed by atoms with van der Waals surface area (Å²) in [7, 11) is -3.41. The van der Waals surface area contributed by atoms with Crippen LogP contribution >= 0.6 is 11.6 Å². The molecule has 4 aromatic rings. The Morgan fingerprint density at radius 3 is 2.37 bits per heavy atom. The number of carbonyl (C=O) groups excluding carboxylic acids is 1. The van der Waals surface area contributed by atoms with Gasteiger partial charge in [-0.3, -0.25) is 4.79 Å². The van der Waals surface area contributed by atoms with Crippen LogP contribution in [0.25, 0.3) is 10.9 Å². The molecular formula is C29H27ClF4N2O4S. The van der Waals surface area contributed by atoms with E-state index >= 15 is 0 Å². The van der Waals surface area contributed by atoms with Crippen molar-refractivity contribution in [1.82, 2.24) is 9.88 Å². The SMILES string of the molecule is CCS(=O)(=O)c1ccc([C@H](CO)NC(=O)c2ccc3c(c2)cc(Cc2ccc(Cl)cc2C(F)(F)F)n3CCF)cc1. The molecule has 3 aromatic carbocycles. The van der Waals surface area contributed by atoms with Gasteiger partial charge in [0.2, 0.25) is 0 Å². The number of sulfone groups is 1. The first kappa shape index (κ1) is 30.5. The van der Waals surface area contributed by atoms with Crippen LogP contribution in [0, 0.1) is 0 Å². The lowest BCUT2D eigenvalue weighted by atomic mass is 10.0. The van der Waals surface area contributed by atoms with Gasteiger partial charge < -0.3 is 15.0 Å². The zero-order chi connectivity index (χ0) is 29.9. The standard InChI is InChI=1S/C29H27ClF4N2O4S/c1-2-41(39,40)24-8-4-18(5-9-24)26(17-37)35-28(38)20-6-10-27-21(13-20)15-23(36(27)12-11-31)14-19-3-7-22(30)16-25(19)29(32,33)34/h3-10,13,15-16,26,37H,2,11-12,14,17H2,1H3,(H,35,38)/t26-/m0/s1. The first-order chi connectivity index (χ1) is 19.4. The van der Waals surface area contributed by atoms with Crippen molar-refractivity contribution in [2.24, 2.45) is 0 Å². The first-order valence-electron chi connectivity index (χ1n) is 12.7. The lowest BCUT2D eigenvalue weighted by Crippen LogP contribution is -2.30. The maximum atomic E-state index is 13.7. The summed E-state index contributed by atoms with van der Waals surface area (Å²) >= 11 is 5.80. The maximum Gasteiger partial charge on any atom is 0.416 e. The molecule has 41 heavy (non-hydrogen) atoms. The molecule has 1 amide bonds. The van der Waals surface area contributed by atoms with E-state index in [-0.39, 0.29) is 39.8 Å². The normalized spacial score (nSPS) is 13.0. The van der Waals surface area contributed by atoms with Gasteiger partial charge in [0.15, 0.2) is 9.84 Å². The third kappa shape index (κ3) is 6.74. The quantitative estimate of drug-likeness (QED) is 0.212. The number of nitrogens with zero attached hydrogens (tertiary/aromatic N) is 1. The highest BCUT2D eigenvalue weighted by molar-refractivity contribution is 7.91. The largest absolute Gasteiger partial charge is 0.416 e. The predicted octanol–water partition coefficient (Wildman–Crippen LogP) is 6.13. The minimum Gasteiger partial charge on any atom is -0.394 e. The van der Waals surface area contributed by atoms with E-state index in [2.05, 4.69) is 5.32 Å². The van der Waals surface area contributed by atoms with Crippen molar-refractivity contribution in [3.63, 3.8) is 0 Å². The summed E-state index contributed by atoms with van der Waals surface area (Å²) < 4.78 is 80.1. The highest BCUT2D eigenvalue weighted by Crippen LogP contribution is 2.35. The van der Waals surface area contributed by atoms with Crippen LogP contribution in [0.3, 0.4) is 0 Å². The number of rotatable bonds is 10. The van der Waals surface area contributed by atoms with Crippen molar-refractivity contribution in [3.05, 3.63) is 99.7 Å². The fraction of sp³-hybridized carbons (Fsp3) is 0.276. The summed E-state index contributed by atoms with van der Waals surface area (Å²) in [5.74, 6) is -0.597. The van der Waals surface area contributed by atoms with E-state index in [4.69, 9.17) is 11.6 Å². The Kier molecular flexibility index (Phi) is 9.10. The third-order valence-electron chi connectivity index (χ3n) is 6.82. The predicted molar refractivity (Wildman–Crippen MR) is 149 cm³/mol. The van der Waals surface area contributed by atoms with E-state index in [0.29, 0.717) is 22.2 Å². The number of hydrogen-bond donors (Lipinski definition) is 2. The van der Waals surface area contributed by atoms with E-state index in [0.717, 1.165) is 6.07 Å². The molecule has 1 aromatic heterocycles. The second-order valence-electron chi connectivity index (χ2n) is 9.41. The number of carbonyl (C=O) groups is 1. The molecule has 0 radical (unpaired) electrons. The molecule has 0 bridgehead atoms. The molecule has 4 rings (SSSR count). The van der Waals surface area contributed by atoms with Crippen LogP contribution in [0.1, 0.15) is 45.7 Å². The van der Waals surface area contributed by atoms with Crippen LogP contribution in [0.15, 0.2) is 71.6 Å². The first-order valence-corrected chi connectivity index (χ1v) is 14.7. The average Bonchev–Trinajstić information content (AvgIpc) is 3.28. The molecule has 0 aliphatic carbocycles. The number of alkyl halides is 4. The van der Waals surface area contributed by atoms with Gasteiger partial charge in [-0.15, -0.1) is 0 Å². The number of aliphatic hydroxyl groups excluding tert-OH is 1. The molecule has 0 aliphatic rings. The van der Waals surface area contributed by atoms with Crippen molar-refractivity contribution < 1.29 is 35.9 Å². The second kappa shape index (κ2) is 12.2. The molecular weight excluding hydrogens is 584 g/mol. The molecule has 1 heterocycles. The topological polar surface area (TPSA) is 88.4 Å². The molecule has 0 saturated heterocycles. The number of aliphatic hydroxyl groups is 1. The van der Waals surface area contributed by atoms with E-state index in [1.807, 2.05) is 0 Å². The summed E-state index contributed by atoms with van der Waals surface area (Å²) in [5, 5.41) is 13.1. The highest BCUT2D eigenvalue weighted by atomic mass is 35.5. The van der Waals surface area contributed by atoms with Crippen molar-refractivity contribution >= 4 is 38.2 Å². The summed E-state index contributed by atoms with van der Waals surface area (Å²) in [6, 6.07) is 14.8. The molecule has 0 fully saturated rings. The van der Waals surface area contributed by atoms with Crippen molar-refractivity contribution in [2.75, 3.05) is 19.0 Å². The lowest BCUT2D eigenvalue weighted by Gasteiger charge is -2.17. The average molecular weight is 611 g/mol. The van der Waals surface area contributed by atoms with Gasteiger partial charge in [0.25, 0.3) is 5.91 Å². The highest BCUT2D eigenvalue weighted by Gasteiger charge is 2.33. The smallest absolute Gasteiger partial charge is 0.394 e. The van der Waals surface area contributed by atoms with Gasteiger partial charge in [0, 0.05) is 33.6 Å². The van der Waals surface area contributed by atoms with E-state index < -0.39 is 46.8 Å². The minimum atomic E-state index is -4.63. The number of aryl methyl sites for hydroxylation is 1. The molecule has 0 spiro atoms. The molecule has 2 N–H and O–H groups in total. The fourth-order valence-corrected chi connectivity index (χ4v) is 5.73. The van der Waals surface area contributed by atoms with Gasteiger partial charge in [0.1, 0.15) is 6.67 Å². The third-order valence-corrected chi connectivity index (χ3v) is 8.80. The van der Waals surface area contributed by atoms with Crippen molar-refractivity contribution in [3.8, 4) is 0 Å². The zero-order valence-electron chi connectivity index (χ0n) is 21.9. The van der Waals surface area contributed by atoms with Crippen molar-refractivity contribution in [1.29, 1.82) is 0 Å². The Labute approximate surface area is 239 Å². The van der Waals surface area contributed by atoms with Crippen LogP contribution in [0.2, 0.25) is 5.02 Å². The molecule has 12 heteroatoms. The van der Waals surface area contributed by atoms with Gasteiger partial charge in [-0.2, -0.15) is 13.2 Å². The second-order valence-corrected chi connectivity index (χ2v) is 12.1. The lowest BCUT2D eigenvalue weighted by molar-refractivity contribution is -0.138.